The molecule has 2 aromatic carbocycles. The molecule has 2 unspecified atom stereocenters. The van der Waals surface area contributed by atoms with Crippen molar-refractivity contribution in [1.82, 2.24) is 20.9 Å². The number of nitrogens with one attached hydrogen (secondary N) is 3. The Morgan fingerprint density at radius 1 is 1.10 bits per heavy atom. The minimum absolute atomic E-state index is 0.128. The van der Waals surface area contributed by atoms with Gasteiger partial charge in [0, 0.05) is 45.3 Å². The van der Waals surface area contributed by atoms with E-state index in [-0.39, 0.29) is 18.1 Å². The van der Waals surface area contributed by atoms with E-state index >= 15 is 0 Å². The number of carbonyl (C=O) groups excluding carboxylic acids is 1. The summed E-state index contributed by atoms with van der Waals surface area (Å²) >= 11 is 0. The number of carbonyl (C=O) groups is 1. The Morgan fingerprint density at radius 3 is 2.58 bits per heavy atom. The number of aliphatic imine (C=N–C) groups is 1. The number of amides is 1. The van der Waals surface area contributed by atoms with Gasteiger partial charge in [-0.15, -0.1) is 0 Å². The van der Waals surface area contributed by atoms with Gasteiger partial charge in [-0.05, 0) is 36.6 Å². The van der Waals surface area contributed by atoms with Gasteiger partial charge in [-0.3, -0.25) is 14.7 Å². The maximum absolute atomic E-state index is 13.2. The van der Waals surface area contributed by atoms with E-state index in [1.807, 2.05) is 6.07 Å². The van der Waals surface area contributed by atoms with E-state index in [0.717, 1.165) is 25.5 Å². The maximum Gasteiger partial charge on any atom is 0.224 e. The molecular weight excluding hydrogens is 393 g/mol. The average molecular weight is 426 g/mol. The van der Waals surface area contributed by atoms with Crippen molar-refractivity contribution in [3.8, 4) is 0 Å². The summed E-state index contributed by atoms with van der Waals surface area (Å²) in [6.07, 6.45) is 1.22. The van der Waals surface area contributed by atoms with Gasteiger partial charge in [-0.1, -0.05) is 42.5 Å². The van der Waals surface area contributed by atoms with E-state index in [0.29, 0.717) is 30.7 Å². The first-order chi connectivity index (χ1) is 15.0. The van der Waals surface area contributed by atoms with E-state index in [2.05, 4.69) is 57.0 Å². The predicted molar refractivity (Wildman–Crippen MR) is 122 cm³/mol. The Balaban J connectivity index is 1.36. The van der Waals surface area contributed by atoms with Crippen molar-refractivity contribution in [3.05, 3.63) is 71.5 Å². The quantitative estimate of drug-likeness (QED) is 0.345. The molecule has 0 aliphatic carbocycles. The molecule has 0 aromatic heterocycles. The van der Waals surface area contributed by atoms with Crippen LogP contribution in [0.4, 0.5) is 4.39 Å². The van der Waals surface area contributed by atoms with Crippen molar-refractivity contribution in [3.63, 3.8) is 0 Å². The van der Waals surface area contributed by atoms with Crippen molar-refractivity contribution >= 4 is 11.9 Å². The minimum atomic E-state index is -0.328. The third-order valence-electron chi connectivity index (χ3n) is 5.49. The second-order valence-corrected chi connectivity index (χ2v) is 8.00. The third-order valence-corrected chi connectivity index (χ3v) is 5.49. The largest absolute Gasteiger partial charge is 0.355 e. The van der Waals surface area contributed by atoms with Crippen LogP contribution in [0.2, 0.25) is 0 Å². The second-order valence-electron chi connectivity index (χ2n) is 8.00. The molecule has 1 aliphatic heterocycles. The number of rotatable bonds is 8. The molecule has 166 valence electrons. The number of halogens is 1. The van der Waals surface area contributed by atoms with Gasteiger partial charge in [-0.2, -0.15) is 0 Å². The van der Waals surface area contributed by atoms with Gasteiger partial charge >= 0.3 is 0 Å². The summed E-state index contributed by atoms with van der Waals surface area (Å²) in [5, 5.41) is 9.59. The van der Waals surface area contributed by atoms with Crippen molar-refractivity contribution in [2.24, 2.45) is 4.99 Å². The van der Waals surface area contributed by atoms with Crippen LogP contribution in [0.1, 0.15) is 24.5 Å². The molecule has 2 atom stereocenters. The van der Waals surface area contributed by atoms with Crippen LogP contribution >= 0.6 is 0 Å². The monoisotopic (exact) mass is 425 g/mol. The molecule has 0 spiro atoms. The lowest BCUT2D eigenvalue weighted by atomic mass is 10.1. The highest BCUT2D eigenvalue weighted by Crippen LogP contribution is 2.20. The van der Waals surface area contributed by atoms with Crippen LogP contribution in [0.5, 0.6) is 0 Å². The molecule has 2 aromatic rings. The molecule has 0 bridgehead atoms. The van der Waals surface area contributed by atoms with Crippen LogP contribution in [0, 0.1) is 5.82 Å². The Labute approximate surface area is 183 Å². The smallest absolute Gasteiger partial charge is 0.224 e. The first-order valence-electron chi connectivity index (χ1n) is 10.8. The lowest BCUT2D eigenvalue weighted by Gasteiger charge is -2.21. The number of nitrogens with zero attached hydrogens (tertiary/aromatic N) is 2. The molecular formula is C24H32FN5O. The summed E-state index contributed by atoms with van der Waals surface area (Å²) in [5.41, 5.74) is 1.99. The lowest BCUT2D eigenvalue weighted by Crippen LogP contribution is -2.46. The van der Waals surface area contributed by atoms with Gasteiger partial charge in [0.2, 0.25) is 5.91 Å². The molecule has 6 nitrogen and oxygen atoms in total. The van der Waals surface area contributed by atoms with Crippen molar-refractivity contribution in [2.45, 2.75) is 38.4 Å². The van der Waals surface area contributed by atoms with Crippen LogP contribution in [0.15, 0.2) is 59.6 Å². The van der Waals surface area contributed by atoms with Crippen molar-refractivity contribution in [2.75, 3.05) is 26.7 Å². The summed E-state index contributed by atoms with van der Waals surface area (Å²) < 4.78 is 13.2. The fourth-order valence-corrected chi connectivity index (χ4v) is 3.91. The topological polar surface area (TPSA) is 68.8 Å². The molecule has 1 heterocycles. The van der Waals surface area contributed by atoms with Crippen LogP contribution in [-0.2, 0) is 17.8 Å². The van der Waals surface area contributed by atoms with Crippen molar-refractivity contribution in [1.29, 1.82) is 0 Å². The Hall–Kier alpha value is -2.93. The number of hydrogen-bond donors (Lipinski definition) is 3. The van der Waals surface area contributed by atoms with Gasteiger partial charge in [0.05, 0.1) is 6.42 Å². The molecule has 0 radical (unpaired) electrons. The van der Waals surface area contributed by atoms with Gasteiger partial charge in [0.25, 0.3) is 0 Å². The van der Waals surface area contributed by atoms with E-state index in [9.17, 15) is 9.18 Å². The molecule has 1 amide bonds. The normalized spacial score (nSPS) is 19.3. The molecule has 3 N–H and O–H groups in total. The zero-order chi connectivity index (χ0) is 22.1. The predicted octanol–water partition coefficient (Wildman–Crippen LogP) is 2.31. The number of benzene rings is 2. The zero-order valence-electron chi connectivity index (χ0n) is 18.3. The standard InChI is InChI=1S/C24H32FN5O/c1-18-13-22(17-30(18)16-19-7-4-3-5-8-19)29-24(26-2)28-12-11-27-23(31)15-20-9-6-10-21(25)14-20/h3-10,14,18,22H,11-13,15-17H2,1-2H3,(H,27,31)(H2,26,28,29). The maximum atomic E-state index is 13.2. The average Bonchev–Trinajstić information content (AvgIpc) is 3.09. The third kappa shape index (κ3) is 7.36. The number of hydrogen-bond acceptors (Lipinski definition) is 3. The van der Waals surface area contributed by atoms with Crippen LogP contribution < -0.4 is 16.0 Å². The van der Waals surface area contributed by atoms with Gasteiger partial charge in [-0.25, -0.2) is 4.39 Å². The van der Waals surface area contributed by atoms with E-state index < -0.39 is 0 Å². The highest BCUT2D eigenvalue weighted by atomic mass is 19.1. The first-order valence-corrected chi connectivity index (χ1v) is 10.8. The van der Waals surface area contributed by atoms with Gasteiger partial charge in [0.15, 0.2) is 5.96 Å². The molecule has 1 saturated heterocycles. The fraction of sp³-hybridized carbons (Fsp3) is 0.417. The van der Waals surface area contributed by atoms with Crippen molar-refractivity contribution < 1.29 is 9.18 Å². The molecule has 31 heavy (non-hydrogen) atoms. The summed E-state index contributed by atoms with van der Waals surface area (Å²) in [5.74, 6) is 0.278. The highest BCUT2D eigenvalue weighted by molar-refractivity contribution is 5.80. The van der Waals surface area contributed by atoms with Gasteiger partial charge in [0.1, 0.15) is 5.82 Å². The van der Waals surface area contributed by atoms with Crippen LogP contribution in [0.3, 0.4) is 0 Å². The summed E-state index contributed by atoms with van der Waals surface area (Å²) in [4.78, 5) is 18.8. The SMILES string of the molecule is CN=C(NCCNC(=O)Cc1cccc(F)c1)NC1CC(C)N(Cc2ccccc2)C1. The number of guanidine groups is 1. The number of likely N-dealkylation sites (tertiary alicyclic amines) is 1. The van der Waals surface area contributed by atoms with E-state index in [4.69, 9.17) is 0 Å². The van der Waals surface area contributed by atoms with Crippen LogP contribution in [0.25, 0.3) is 0 Å². The highest BCUT2D eigenvalue weighted by Gasteiger charge is 2.29. The molecule has 7 heteroatoms. The molecule has 3 rings (SSSR count). The zero-order valence-corrected chi connectivity index (χ0v) is 18.3. The summed E-state index contributed by atoms with van der Waals surface area (Å²) in [7, 11) is 1.75. The van der Waals surface area contributed by atoms with E-state index in [1.54, 1.807) is 19.2 Å². The summed E-state index contributed by atoms with van der Waals surface area (Å²) in [6, 6.07) is 17.5. The molecule has 0 saturated carbocycles. The Bertz CT molecular complexity index is 873. The Kier molecular flexibility index (Phi) is 8.41. The molecule has 1 aliphatic rings. The second kappa shape index (κ2) is 11.5. The van der Waals surface area contributed by atoms with Crippen LogP contribution in [-0.4, -0.2) is 55.5 Å². The first kappa shape index (κ1) is 22.7. The van der Waals surface area contributed by atoms with Gasteiger partial charge < -0.3 is 16.0 Å². The lowest BCUT2D eigenvalue weighted by molar-refractivity contribution is -0.120. The van der Waals surface area contributed by atoms with E-state index in [1.165, 1.54) is 17.7 Å². The summed E-state index contributed by atoms with van der Waals surface area (Å²) in [6.45, 7) is 5.19. The molecule has 1 fully saturated rings. The minimum Gasteiger partial charge on any atom is -0.355 e. The Morgan fingerprint density at radius 2 is 1.84 bits per heavy atom. The fourth-order valence-electron chi connectivity index (χ4n) is 3.91.